The molecule has 0 saturated heterocycles. The average Bonchev–Trinajstić information content (AvgIpc) is 3.89. The Balaban J connectivity index is 0.00000207. The molecule has 7 aromatic carbocycles. The fourth-order valence-corrected chi connectivity index (χ4v) is 8.43. The molecule has 11 aromatic rings. The lowest BCUT2D eigenvalue weighted by Crippen LogP contribution is -1.91. The molecule has 0 aliphatic heterocycles. The zero-order valence-electron chi connectivity index (χ0n) is 32.5. The van der Waals surface area contributed by atoms with Crippen molar-refractivity contribution in [3.05, 3.63) is 193 Å². The van der Waals surface area contributed by atoms with Gasteiger partial charge in [-0.05, 0) is 88.0 Å². The Bertz CT molecular complexity index is 3090. The predicted molar refractivity (Wildman–Crippen MR) is 246 cm³/mol. The van der Waals surface area contributed by atoms with Gasteiger partial charge in [0.15, 0.2) is 0 Å². The van der Waals surface area contributed by atoms with Gasteiger partial charge in [0.25, 0.3) is 0 Å². The maximum Gasteiger partial charge on any atom is 0.144 e. The fourth-order valence-electron chi connectivity index (χ4n) is 8.20. The molecule has 5 heteroatoms. The van der Waals surface area contributed by atoms with Crippen LogP contribution in [-0.4, -0.2) is 9.97 Å². The molecule has 0 radical (unpaired) electrons. The number of fused-ring (bicyclic) bond motifs is 6. The number of hydrogen-bond acceptors (Lipinski definition) is 4. The van der Waals surface area contributed by atoms with Crippen LogP contribution < -0.4 is 0 Å². The molecule has 0 N–H and O–H groups in total. The van der Waals surface area contributed by atoms with Crippen molar-refractivity contribution in [2.24, 2.45) is 0 Å². The van der Waals surface area contributed by atoms with E-state index in [9.17, 15) is 0 Å². The Kier molecular flexibility index (Phi) is 9.32. The molecule has 0 unspecified atom stereocenters. The summed E-state index contributed by atoms with van der Waals surface area (Å²) in [5, 5.41) is 5.04. The van der Waals surface area contributed by atoms with Gasteiger partial charge in [-0.3, -0.25) is 9.97 Å². The number of hydrogen-bond donors (Lipinski definition) is 0. The quantitative estimate of drug-likeness (QED) is 0.169. The number of pyridine rings is 2. The van der Waals surface area contributed by atoms with E-state index in [1.165, 1.54) is 0 Å². The monoisotopic (exact) mass is 780 g/mol. The summed E-state index contributed by atoms with van der Waals surface area (Å²) in [6, 6.07) is 60.3. The Morgan fingerprint density at radius 3 is 1.15 bits per heavy atom. The van der Waals surface area contributed by atoms with Crippen molar-refractivity contribution >= 4 is 55.5 Å². The summed E-state index contributed by atoms with van der Waals surface area (Å²) in [7, 11) is 0. The second-order valence-electron chi connectivity index (χ2n) is 14.2. The summed E-state index contributed by atoms with van der Waals surface area (Å²) < 4.78 is 12.6. The molecule has 0 amide bonds. The van der Waals surface area contributed by atoms with Crippen molar-refractivity contribution in [3.8, 4) is 67.0 Å². The van der Waals surface area contributed by atoms with Crippen LogP contribution in [0.25, 0.3) is 111 Å². The third-order valence-electron chi connectivity index (χ3n) is 10.9. The lowest BCUT2D eigenvalue weighted by Gasteiger charge is -2.15. The second kappa shape index (κ2) is 15.2. The first-order valence-corrected chi connectivity index (χ1v) is 20.3. The van der Waals surface area contributed by atoms with Crippen LogP contribution in [0.3, 0.4) is 0 Å². The Hall–Kier alpha value is -7.27. The first-order valence-electron chi connectivity index (χ1n) is 19.9. The summed E-state index contributed by atoms with van der Waals surface area (Å²) in [6.07, 6.45) is 3.89. The molecular weight excluding hydrogens is 744 g/mol. The highest BCUT2D eigenvalue weighted by Crippen LogP contribution is 2.41. The van der Waals surface area contributed by atoms with Gasteiger partial charge in [0.05, 0.1) is 11.4 Å². The highest BCUT2D eigenvalue weighted by atomic mass is 35.5. The summed E-state index contributed by atoms with van der Waals surface area (Å²) in [4.78, 5) is 9.92. The molecule has 59 heavy (non-hydrogen) atoms. The minimum atomic E-state index is 0.659. The molecular formula is C54H37ClN2O2. The largest absolute Gasteiger partial charge is 0.455 e. The normalized spacial score (nSPS) is 11.3. The van der Waals surface area contributed by atoms with Crippen LogP contribution in [0.15, 0.2) is 197 Å². The van der Waals surface area contributed by atoms with Gasteiger partial charge in [0.1, 0.15) is 22.3 Å². The Morgan fingerprint density at radius 2 is 0.729 bits per heavy atom. The zero-order valence-corrected chi connectivity index (χ0v) is 33.2. The summed E-state index contributed by atoms with van der Waals surface area (Å²) in [5.41, 5.74) is 15.4. The molecule has 0 spiro atoms. The molecule has 4 aromatic heterocycles. The van der Waals surface area contributed by atoms with Gasteiger partial charge in [-0.25, -0.2) is 0 Å². The van der Waals surface area contributed by atoms with E-state index in [0.29, 0.717) is 5.02 Å². The highest BCUT2D eigenvalue weighted by Gasteiger charge is 2.17. The number of para-hydroxylation sites is 4. The molecule has 0 atom stereocenters. The van der Waals surface area contributed by atoms with Crippen LogP contribution in [0.1, 0.15) is 13.8 Å². The minimum absolute atomic E-state index is 0.659. The third-order valence-corrected chi connectivity index (χ3v) is 11.1. The Labute approximate surface area is 347 Å². The molecule has 282 valence electrons. The van der Waals surface area contributed by atoms with E-state index < -0.39 is 0 Å². The van der Waals surface area contributed by atoms with Crippen molar-refractivity contribution in [1.29, 1.82) is 0 Å². The van der Waals surface area contributed by atoms with Crippen LogP contribution in [0.2, 0.25) is 5.02 Å². The number of furan rings is 2. The smallest absolute Gasteiger partial charge is 0.144 e. The molecule has 0 fully saturated rings. The van der Waals surface area contributed by atoms with Gasteiger partial charge in [-0.1, -0.05) is 147 Å². The molecule has 0 bridgehead atoms. The standard InChI is InChI=1S/C52H31ClN2O2.C2H6/c53-36-28-34(39-13-3-1-11-37(39)32-23-25-47(54-30-32)45-19-9-17-43-41-15-5-7-21-49(41)56-51(43)45)27-35(29-36)40-14-4-2-12-38(40)33-24-26-48(55-31-33)46-20-10-18-44-42-16-6-8-22-50(42)57-52(44)46;1-2/h1-31H;1-2H3. The zero-order chi connectivity index (χ0) is 39.9. The molecule has 0 aliphatic carbocycles. The van der Waals surface area contributed by atoms with Crippen molar-refractivity contribution in [1.82, 2.24) is 9.97 Å². The SMILES string of the molecule is CC.Clc1cc(-c2ccccc2-c2ccc(-c3cccc4c3oc3ccccc34)nc2)cc(-c2ccccc2-c2ccc(-c3cccc4c3oc3ccccc34)nc2)c1. The van der Waals surface area contributed by atoms with Gasteiger partial charge < -0.3 is 8.83 Å². The molecule has 0 saturated carbocycles. The van der Waals surface area contributed by atoms with E-state index in [2.05, 4.69) is 127 Å². The molecule has 0 aliphatic rings. The van der Waals surface area contributed by atoms with Crippen LogP contribution in [0, 0.1) is 0 Å². The van der Waals surface area contributed by atoms with Crippen LogP contribution in [0.4, 0.5) is 0 Å². The summed E-state index contributed by atoms with van der Waals surface area (Å²) >= 11 is 6.94. The van der Waals surface area contributed by atoms with Crippen molar-refractivity contribution in [2.45, 2.75) is 13.8 Å². The third kappa shape index (κ3) is 6.44. The second-order valence-corrected chi connectivity index (χ2v) is 14.7. The maximum absolute atomic E-state index is 6.94. The molecule has 4 heterocycles. The number of rotatable bonds is 6. The minimum Gasteiger partial charge on any atom is -0.455 e. The number of nitrogens with zero attached hydrogens (tertiary/aromatic N) is 2. The highest BCUT2D eigenvalue weighted by molar-refractivity contribution is 6.31. The molecule has 4 nitrogen and oxygen atoms in total. The fraction of sp³-hybridized carbons (Fsp3) is 0.0370. The lowest BCUT2D eigenvalue weighted by atomic mass is 9.90. The number of benzene rings is 7. The van der Waals surface area contributed by atoms with Crippen LogP contribution in [0.5, 0.6) is 0 Å². The van der Waals surface area contributed by atoms with Crippen molar-refractivity contribution < 1.29 is 8.83 Å². The van der Waals surface area contributed by atoms with E-state index in [0.717, 1.165) is 111 Å². The maximum atomic E-state index is 6.94. The summed E-state index contributed by atoms with van der Waals surface area (Å²) in [6.45, 7) is 4.00. The average molecular weight is 781 g/mol. The first kappa shape index (κ1) is 36.1. The van der Waals surface area contributed by atoms with E-state index in [1.807, 2.05) is 74.8 Å². The topological polar surface area (TPSA) is 52.1 Å². The first-order chi connectivity index (χ1) is 29.2. The van der Waals surface area contributed by atoms with E-state index in [1.54, 1.807) is 0 Å². The summed E-state index contributed by atoms with van der Waals surface area (Å²) in [5.74, 6) is 0. The van der Waals surface area contributed by atoms with Crippen LogP contribution >= 0.6 is 11.6 Å². The van der Waals surface area contributed by atoms with Crippen molar-refractivity contribution in [3.63, 3.8) is 0 Å². The van der Waals surface area contributed by atoms with Gasteiger partial charge >= 0.3 is 0 Å². The van der Waals surface area contributed by atoms with E-state index >= 15 is 0 Å². The van der Waals surface area contributed by atoms with Crippen LogP contribution in [-0.2, 0) is 0 Å². The molecule has 11 rings (SSSR count). The van der Waals surface area contributed by atoms with E-state index in [4.69, 9.17) is 30.4 Å². The Morgan fingerprint density at radius 1 is 0.356 bits per heavy atom. The van der Waals surface area contributed by atoms with E-state index in [-0.39, 0.29) is 0 Å². The number of halogens is 1. The van der Waals surface area contributed by atoms with Gasteiger partial charge in [0.2, 0.25) is 0 Å². The van der Waals surface area contributed by atoms with Gasteiger partial charge in [-0.2, -0.15) is 0 Å². The van der Waals surface area contributed by atoms with Crippen molar-refractivity contribution in [2.75, 3.05) is 0 Å². The lowest BCUT2D eigenvalue weighted by molar-refractivity contribution is 0.669. The number of aromatic nitrogens is 2. The predicted octanol–water partition coefficient (Wildman–Crippen LogP) is 16.0. The van der Waals surface area contributed by atoms with Gasteiger partial charge in [-0.15, -0.1) is 0 Å². The van der Waals surface area contributed by atoms with Gasteiger partial charge in [0, 0.05) is 61.2 Å².